The van der Waals surface area contributed by atoms with Crippen molar-refractivity contribution in [3.63, 3.8) is 0 Å². The summed E-state index contributed by atoms with van der Waals surface area (Å²) in [5, 5.41) is 3.65. The van der Waals surface area contributed by atoms with E-state index in [-0.39, 0.29) is 0 Å². The minimum absolute atomic E-state index is 0.752. The quantitative estimate of drug-likeness (QED) is 0.766. The summed E-state index contributed by atoms with van der Waals surface area (Å²) in [5.41, 5.74) is 0.752. The highest BCUT2D eigenvalue weighted by Crippen LogP contribution is 2.64. The van der Waals surface area contributed by atoms with Crippen LogP contribution < -0.4 is 5.32 Å². The van der Waals surface area contributed by atoms with Crippen LogP contribution in [0.1, 0.15) is 53.4 Å². The van der Waals surface area contributed by atoms with Gasteiger partial charge < -0.3 is 5.32 Å². The number of hydrogen-bond acceptors (Lipinski definition) is 1. The molecule has 0 aromatic heterocycles. The normalized spacial score (nSPS) is 42.9. The van der Waals surface area contributed by atoms with E-state index < -0.39 is 0 Å². The third-order valence-corrected chi connectivity index (χ3v) is 5.03. The summed E-state index contributed by atoms with van der Waals surface area (Å²) in [7, 11) is 0. The topological polar surface area (TPSA) is 12.0 Å². The predicted octanol–water partition coefficient (Wildman–Crippen LogP) is 3.69. The molecule has 0 aromatic carbocycles. The standard InChI is InChI=1S/C15H29N/c1-11(2)9-16-10-14-8-15(14)7-12(3)5-6-13(15)4/h11-14,16H,5-10H2,1-4H3. The van der Waals surface area contributed by atoms with Gasteiger partial charge in [-0.15, -0.1) is 0 Å². The van der Waals surface area contributed by atoms with E-state index in [9.17, 15) is 0 Å². The molecule has 2 aliphatic carbocycles. The average molecular weight is 223 g/mol. The SMILES string of the molecule is CC(C)CNCC1CC12CC(C)CCC2C. The van der Waals surface area contributed by atoms with Gasteiger partial charge in [-0.05, 0) is 61.4 Å². The molecule has 2 rings (SSSR count). The van der Waals surface area contributed by atoms with Crippen LogP contribution in [0.15, 0.2) is 0 Å². The molecule has 4 atom stereocenters. The fourth-order valence-electron chi connectivity index (χ4n) is 3.85. The molecule has 0 aliphatic heterocycles. The Morgan fingerprint density at radius 1 is 1.19 bits per heavy atom. The van der Waals surface area contributed by atoms with Gasteiger partial charge in [-0.1, -0.05) is 34.1 Å². The summed E-state index contributed by atoms with van der Waals surface area (Å²) in [6.07, 6.45) is 5.95. The van der Waals surface area contributed by atoms with Crippen molar-refractivity contribution in [2.45, 2.75) is 53.4 Å². The number of hydrogen-bond donors (Lipinski definition) is 1. The molecule has 0 saturated heterocycles. The molecule has 0 aromatic rings. The largest absolute Gasteiger partial charge is 0.316 e. The van der Waals surface area contributed by atoms with Gasteiger partial charge in [0.1, 0.15) is 0 Å². The molecule has 2 saturated carbocycles. The first-order valence-electron chi connectivity index (χ1n) is 7.25. The van der Waals surface area contributed by atoms with Crippen molar-refractivity contribution in [3.8, 4) is 0 Å². The molecule has 1 nitrogen and oxygen atoms in total. The van der Waals surface area contributed by atoms with Crippen molar-refractivity contribution in [2.24, 2.45) is 29.1 Å². The fraction of sp³-hybridized carbons (Fsp3) is 1.00. The lowest BCUT2D eigenvalue weighted by Crippen LogP contribution is -2.29. The Hall–Kier alpha value is -0.0400. The van der Waals surface area contributed by atoms with Gasteiger partial charge in [-0.2, -0.15) is 0 Å². The first kappa shape index (κ1) is 12.4. The molecule has 1 heteroatoms. The van der Waals surface area contributed by atoms with Crippen LogP contribution >= 0.6 is 0 Å². The highest BCUT2D eigenvalue weighted by Gasteiger charge is 2.57. The summed E-state index contributed by atoms with van der Waals surface area (Å²) in [4.78, 5) is 0. The molecule has 0 radical (unpaired) electrons. The zero-order valence-corrected chi connectivity index (χ0v) is 11.6. The molecular weight excluding hydrogens is 194 g/mol. The maximum absolute atomic E-state index is 3.65. The minimum Gasteiger partial charge on any atom is -0.316 e. The van der Waals surface area contributed by atoms with Crippen LogP contribution in [-0.4, -0.2) is 13.1 Å². The summed E-state index contributed by atoms with van der Waals surface area (Å²) in [5.74, 6) is 3.74. The second-order valence-corrected chi connectivity index (χ2v) is 6.97. The summed E-state index contributed by atoms with van der Waals surface area (Å²) < 4.78 is 0. The van der Waals surface area contributed by atoms with Crippen LogP contribution in [0.25, 0.3) is 0 Å². The molecule has 2 aliphatic rings. The van der Waals surface area contributed by atoms with Crippen LogP contribution in [0.5, 0.6) is 0 Å². The Morgan fingerprint density at radius 3 is 2.62 bits per heavy atom. The van der Waals surface area contributed by atoms with Crippen molar-refractivity contribution in [1.29, 1.82) is 0 Å². The predicted molar refractivity (Wildman–Crippen MR) is 70.4 cm³/mol. The van der Waals surface area contributed by atoms with Gasteiger partial charge in [0, 0.05) is 0 Å². The van der Waals surface area contributed by atoms with Crippen LogP contribution in [0, 0.1) is 29.1 Å². The lowest BCUT2D eigenvalue weighted by molar-refractivity contribution is 0.163. The molecule has 4 unspecified atom stereocenters. The van der Waals surface area contributed by atoms with Crippen LogP contribution in [-0.2, 0) is 0 Å². The molecule has 1 spiro atoms. The van der Waals surface area contributed by atoms with Crippen molar-refractivity contribution < 1.29 is 0 Å². The molecule has 0 heterocycles. The van der Waals surface area contributed by atoms with Gasteiger partial charge in [-0.3, -0.25) is 0 Å². The molecule has 16 heavy (non-hydrogen) atoms. The van der Waals surface area contributed by atoms with E-state index in [2.05, 4.69) is 33.0 Å². The van der Waals surface area contributed by atoms with Crippen LogP contribution in [0.3, 0.4) is 0 Å². The van der Waals surface area contributed by atoms with Gasteiger partial charge in [0.15, 0.2) is 0 Å². The molecule has 2 fully saturated rings. The van der Waals surface area contributed by atoms with Crippen LogP contribution in [0.4, 0.5) is 0 Å². The van der Waals surface area contributed by atoms with Crippen molar-refractivity contribution in [2.75, 3.05) is 13.1 Å². The zero-order chi connectivity index (χ0) is 11.8. The third-order valence-electron chi connectivity index (χ3n) is 5.03. The fourth-order valence-corrected chi connectivity index (χ4v) is 3.85. The Labute approximate surface area is 101 Å². The van der Waals surface area contributed by atoms with Crippen molar-refractivity contribution in [1.82, 2.24) is 5.32 Å². The Bertz CT molecular complexity index is 236. The van der Waals surface area contributed by atoms with Crippen molar-refractivity contribution in [3.05, 3.63) is 0 Å². The first-order valence-corrected chi connectivity index (χ1v) is 7.25. The van der Waals surface area contributed by atoms with Gasteiger partial charge in [0.05, 0.1) is 0 Å². The first-order chi connectivity index (χ1) is 7.54. The van der Waals surface area contributed by atoms with E-state index in [1.807, 2.05) is 0 Å². The zero-order valence-electron chi connectivity index (χ0n) is 11.6. The highest BCUT2D eigenvalue weighted by molar-refractivity contribution is 5.08. The molecular formula is C15H29N. The van der Waals surface area contributed by atoms with Crippen molar-refractivity contribution >= 4 is 0 Å². The maximum Gasteiger partial charge on any atom is -0.00148 e. The smallest absolute Gasteiger partial charge is 0.00148 e. The van der Waals surface area contributed by atoms with E-state index in [0.29, 0.717) is 0 Å². The second-order valence-electron chi connectivity index (χ2n) is 6.97. The average Bonchev–Trinajstić information content (AvgIpc) is 2.87. The Balaban J connectivity index is 1.78. The van der Waals surface area contributed by atoms with Gasteiger partial charge >= 0.3 is 0 Å². The van der Waals surface area contributed by atoms with Gasteiger partial charge in [0.2, 0.25) is 0 Å². The monoisotopic (exact) mass is 223 g/mol. The van der Waals surface area contributed by atoms with E-state index in [4.69, 9.17) is 0 Å². The Morgan fingerprint density at radius 2 is 1.94 bits per heavy atom. The number of nitrogens with one attached hydrogen (secondary N) is 1. The second kappa shape index (κ2) is 4.68. The molecule has 0 amide bonds. The third kappa shape index (κ3) is 2.45. The van der Waals surface area contributed by atoms with E-state index in [1.165, 1.54) is 38.8 Å². The van der Waals surface area contributed by atoms with E-state index >= 15 is 0 Å². The van der Waals surface area contributed by atoms with E-state index in [0.717, 1.165) is 29.1 Å². The summed E-state index contributed by atoms with van der Waals surface area (Å²) in [6.45, 7) is 12.0. The molecule has 0 bridgehead atoms. The van der Waals surface area contributed by atoms with Gasteiger partial charge in [-0.25, -0.2) is 0 Å². The van der Waals surface area contributed by atoms with E-state index in [1.54, 1.807) is 0 Å². The lowest BCUT2D eigenvalue weighted by Gasteiger charge is -2.34. The lowest BCUT2D eigenvalue weighted by atomic mass is 9.71. The Kier molecular flexibility index (Phi) is 3.63. The maximum atomic E-state index is 3.65. The number of rotatable bonds is 4. The highest BCUT2D eigenvalue weighted by atomic mass is 14.9. The minimum atomic E-state index is 0.752. The molecule has 94 valence electrons. The summed E-state index contributed by atoms with van der Waals surface area (Å²) >= 11 is 0. The summed E-state index contributed by atoms with van der Waals surface area (Å²) in [6, 6.07) is 0. The molecule has 1 N–H and O–H groups in total. The van der Waals surface area contributed by atoms with Crippen LogP contribution in [0.2, 0.25) is 0 Å². The van der Waals surface area contributed by atoms with Gasteiger partial charge in [0.25, 0.3) is 0 Å².